The lowest BCUT2D eigenvalue weighted by molar-refractivity contribution is -0.119. The van der Waals surface area contributed by atoms with Crippen LogP contribution in [0.2, 0.25) is 10.0 Å². The Morgan fingerprint density at radius 3 is 2.74 bits per heavy atom. The number of hydrogen-bond donors (Lipinski definition) is 1. The molecule has 0 radical (unpaired) electrons. The summed E-state index contributed by atoms with van der Waals surface area (Å²) in [5.41, 5.74) is 1.08. The fourth-order valence-corrected chi connectivity index (χ4v) is 2.82. The van der Waals surface area contributed by atoms with E-state index in [2.05, 4.69) is 12.2 Å². The number of carbonyl (C=O) groups excluding carboxylic acids is 1. The lowest BCUT2D eigenvalue weighted by Gasteiger charge is -2.12. The molecule has 19 heavy (non-hydrogen) atoms. The van der Waals surface area contributed by atoms with E-state index in [0.717, 1.165) is 24.2 Å². The number of halogens is 2. The SMILES string of the molecule is CCCC(C)NC(=O)CSCc1ccc(Cl)c(Cl)c1. The largest absolute Gasteiger partial charge is 0.353 e. The number of rotatable bonds is 7. The predicted octanol–water partition coefficient (Wildman–Crippen LogP) is 4.53. The first-order valence-corrected chi connectivity index (χ1v) is 8.25. The van der Waals surface area contributed by atoms with Crippen molar-refractivity contribution in [2.75, 3.05) is 5.75 Å². The van der Waals surface area contributed by atoms with Crippen LogP contribution in [0.4, 0.5) is 0 Å². The summed E-state index contributed by atoms with van der Waals surface area (Å²) in [6.45, 7) is 4.15. The zero-order chi connectivity index (χ0) is 14.3. The fraction of sp³-hybridized carbons (Fsp3) is 0.500. The Labute approximate surface area is 129 Å². The van der Waals surface area contributed by atoms with Crippen LogP contribution in [0, 0.1) is 0 Å². The molecule has 1 atom stereocenters. The number of carbonyl (C=O) groups is 1. The fourth-order valence-electron chi connectivity index (χ4n) is 1.71. The molecular formula is C14H19Cl2NOS. The summed E-state index contributed by atoms with van der Waals surface area (Å²) in [4.78, 5) is 11.7. The van der Waals surface area contributed by atoms with Crippen molar-refractivity contribution >= 4 is 40.9 Å². The van der Waals surface area contributed by atoms with Crippen molar-refractivity contribution in [3.63, 3.8) is 0 Å². The van der Waals surface area contributed by atoms with Crippen molar-refractivity contribution in [2.24, 2.45) is 0 Å². The van der Waals surface area contributed by atoms with Gasteiger partial charge in [-0.1, -0.05) is 42.6 Å². The first-order chi connectivity index (χ1) is 9.02. The molecule has 1 unspecified atom stereocenters. The van der Waals surface area contributed by atoms with E-state index in [9.17, 15) is 4.79 Å². The van der Waals surface area contributed by atoms with Crippen molar-refractivity contribution in [1.82, 2.24) is 5.32 Å². The third-order valence-electron chi connectivity index (χ3n) is 2.61. The van der Waals surface area contributed by atoms with Crippen LogP contribution in [0.15, 0.2) is 18.2 Å². The second-order valence-corrected chi connectivity index (χ2v) is 6.30. The quantitative estimate of drug-likeness (QED) is 0.799. The normalized spacial score (nSPS) is 12.2. The van der Waals surface area contributed by atoms with Gasteiger partial charge < -0.3 is 5.32 Å². The van der Waals surface area contributed by atoms with E-state index in [1.165, 1.54) is 0 Å². The molecule has 1 N–H and O–H groups in total. The standard InChI is InChI=1S/C14H19Cl2NOS/c1-3-4-10(2)17-14(18)9-19-8-11-5-6-12(15)13(16)7-11/h5-7,10H,3-4,8-9H2,1-2H3,(H,17,18). The smallest absolute Gasteiger partial charge is 0.230 e. The molecule has 5 heteroatoms. The molecule has 0 spiro atoms. The minimum absolute atomic E-state index is 0.0889. The first-order valence-electron chi connectivity index (χ1n) is 6.34. The molecule has 0 fully saturated rings. The summed E-state index contributed by atoms with van der Waals surface area (Å²) in [6, 6.07) is 5.80. The monoisotopic (exact) mass is 319 g/mol. The van der Waals surface area contributed by atoms with Crippen LogP contribution in [0.3, 0.4) is 0 Å². The molecule has 0 saturated heterocycles. The first kappa shape index (κ1) is 16.7. The van der Waals surface area contributed by atoms with Crippen molar-refractivity contribution in [3.8, 4) is 0 Å². The van der Waals surface area contributed by atoms with Crippen molar-refractivity contribution in [3.05, 3.63) is 33.8 Å². The number of hydrogen-bond acceptors (Lipinski definition) is 2. The van der Waals surface area contributed by atoms with Crippen LogP contribution in [-0.4, -0.2) is 17.7 Å². The summed E-state index contributed by atoms with van der Waals surface area (Å²) in [7, 11) is 0. The van der Waals surface area contributed by atoms with Crippen LogP contribution in [-0.2, 0) is 10.5 Å². The zero-order valence-electron chi connectivity index (χ0n) is 11.2. The van der Waals surface area contributed by atoms with Crippen molar-refractivity contribution in [2.45, 2.75) is 38.5 Å². The number of benzene rings is 1. The van der Waals surface area contributed by atoms with Crippen LogP contribution in [0.25, 0.3) is 0 Å². The Morgan fingerprint density at radius 1 is 1.37 bits per heavy atom. The van der Waals surface area contributed by atoms with Gasteiger partial charge in [0.15, 0.2) is 0 Å². The summed E-state index contributed by atoms with van der Waals surface area (Å²) < 4.78 is 0. The van der Waals surface area contributed by atoms with Crippen LogP contribution < -0.4 is 5.32 Å². The van der Waals surface area contributed by atoms with Gasteiger partial charge in [-0.25, -0.2) is 0 Å². The van der Waals surface area contributed by atoms with E-state index in [4.69, 9.17) is 23.2 Å². The Morgan fingerprint density at radius 2 is 2.11 bits per heavy atom. The molecule has 0 aliphatic heterocycles. The van der Waals surface area contributed by atoms with Gasteiger partial charge in [-0.05, 0) is 31.0 Å². The third kappa shape index (κ3) is 6.55. The van der Waals surface area contributed by atoms with Gasteiger partial charge in [0.2, 0.25) is 5.91 Å². The van der Waals surface area contributed by atoms with E-state index in [-0.39, 0.29) is 11.9 Å². The zero-order valence-corrected chi connectivity index (χ0v) is 13.5. The molecule has 1 aromatic rings. The van der Waals surface area contributed by atoms with Crippen LogP contribution >= 0.6 is 35.0 Å². The Hall–Kier alpha value is -0.380. The van der Waals surface area contributed by atoms with Gasteiger partial charge in [-0.15, -0.1) is 11.8 Å². The van der Waals surface area contributed by atoms with Gasteiger partial charge >= 0.3 is 0 Å². The number of thioether (sulfide) groups is 1. The highest BCUT2D eigenvalue weighted by Gasteiger charge is 2.07. The molecule has 1 aromatic carbocycles. The van der Waals surface area contributed by atoms with Gasteiger partial charge in [0.1, 0.15) is 0 Å². The molecule has 0 aromatic heterocycles. The summed E-state index contributed by atoms with van der Waals surface area (Å²) >= 11 is 13.4. The van der Waals surface area contributed by atoms with Crippen LogP contribution in [0.5, 0.6) is 0 Å². The van der Waals surface area contributed by atoms with Crippen molar-refractivity contribution < 1.29 is 4.79 Å². The molecule has 2 nitrogen and oxygen atoms in total. The lowest BCUT2D eigenvalue weighted by atomic mass is 10.2. The maximum atomic E-state index is 11.7. The van der Waals surface area contributed by atoms with Gasteiger partial charge in [-0.2, -0.15) is 0 Å². The number of amides is 1. The molecular weight excluding hydrogens is 301 g/mol. The average molecular weight is 320 g/mol. The summed E-state index contributed by atoms with van der Waals surface area (Å²) in [5, 5.41) is 4.09. The van der Waals surface area contributed by atoms with Gasteiger partial charge in [0, 0.05) is 11.8 Å². The van der Waals surface area contributed by atoms with Crippen LogP contribution in [0.1, 0.15) is 32.3 Å². The highest BCUT2D eigenvalue weighted by atomic mass is 35.5. The van der Waals surface area contributed by atoms with E-state index in [0.29, 0.717) is 15.8 Å². The van der Waals surface area contributed by atoms with E-state index in [1.54, 1.807) is 17.8 Å². The maximum absolute atomic E-state index is 11.7. The minimum atomic E-state index is 0.0889. The van der Waals surface area contributed by atoms with Crippen molar-refractivity contribution in [1.29, 1.82) is 0 Å². The topological polar surface area (TPSA) is 29.1 Å². The summed E-state index contributed by atoms with van der Waals surface area (Å²) in [5.74, 6) is 1.31. The molecule has 1 amide bonds. The van der Waals surface area contributed by atoms with Gasteiger partial charge in [-0.3, -0.25) is 4.79 Å². The molecule has 1 rings (SSSR count). The summed E-state index contributed by atoms with van der Waals surface area (Å²) in [6.07, 6.45) is 2.10. The molecule has 0 aliphatic rings. The van der Waals surface area contributed by atoms with Gasteiger partial charge in [0.25, 0.3) is 0 Å². The third-order valence-corrected chi connectivity index (χ3v) is 4.36. The second-order valence-electron chi connectivity index (χ2n) is 4.50. The maximum Gasteiger partial charge on any atom is 0.230 e. The van der Waals surface area contributed by atoms with Gasteiger partial charge in [0.05, 0.1) is 15.8 Å². The average Bonchev–Trinajstić information content (AvgIpc) is 2.34. The molecule has 0 heterocycles. The van der Waals surface area contributed by atoms with E-state index >= 15 is 0 Å². The van der Waals surface area contributed by atoms with E-state index < -0.39 is 0 Å². The van der Waals surface area contributed by atoms with E-state index in [1.807, 2.05) is 19.1 Å². The Kier molecular flexibility index (Phi) is 7.66. The lowest BCUT2D eigenvalue weighted by Crippen LogP contribution is -2.33. The predicted molar refractivity (Wildman–Crippen MR) is 85.1 cm³/mol. The molecule has 106 valence electrons. The molecule has 0 aliphatic carbocycles. The molecule has 0 bridgehead atoms. The molecule has 0 saturated carbocycles. The second kappa shape index (κ2) is 8.72. The number of nitrogens with one attached hydrogen (secondary N) is 1. The minimum Gasteiger partial charge on any atom is -0.353 e. The Balaban J connectivity index is 2.29. The highest BCUT2D eigenvalue weighted by molar-refractivity contribution is 7.99. The Bertz CT molecular complexity index is 426. The highest BCUT2D eigenvalue weighted by Crippen LogP contribution is 2.24.